The summed E-state index contributed by atoms with van der Waals surface area (Å²) in [4.78, 5) is 10.6. The Kier molecular flexibility index (Phi) is 4.91. The van der Waals surface area contributed by atoms with Gasteiger partial charge in [-0.2, -0.15) is 14.9 Å². The number of nitro groups is 1. The molecule has 1 aromatic heterocycles. The van der Waals surface area contributed by atoms with Crippen LogP contribution in [0.1, 0.15) is 5.56 Å². The lowest BCUT2D eigenvalue weighted by Crippen LogP contribution is -1.93. The smallest absolute Gasteiger partial charge is 0.258 e. The predicted octanol–water partition coefficient (Wildman–Crippen LogP) is 4.06. The van der Waals surface area contributed by atoms with E-state index in [9.17, 15) is 10.1 Å². The Balaban J connectivity index is 1.86. The molecule has 0 amide bonds. The largest absolute Gasteiger partial charge is 0.276 e. The maximum atomic E-state index is 11.0. The minimum Gasteiger partial charge on any atom is -0.258 e. The standard InChI is InChI=1S/C17H13N5O2S/c23-22(24)15-11-5-4-7-13(15)10-6-12-18-21-16(19-20-17(21)25)14-8-2-1-3-9-14/h1-12H,(H,20,25)/b10-6-,18-12-. The molecule has 25 heavy (non-hydrogen) atoms. The Morgan fingerprint density at radius 1 is 1.16 bits per heavy atom. The van der Waals surface area contributed by atoms with Crippen LogP contribution >= 0.6 is 12.2 Å². The number of H-pyrrole nitrogens is 1. The van der Waals surface area contributed by atoms with Gasteiger partial charge in [0.1, 0.15) is 0 Å². The van der Waals surface area contributed by atoms with Gasteiger partial charge in [-0.15, -0.1) is 0 Å². The van der Waals surface area contributed by atoms with Crippen molar-refractivity contribution in [2.45, 2.75) is 0 Å². The van der Waals surface area contributed by atoms with Gasteiger partial charge in [-0.05, 0) is 30.4 Å². The highest BCUT2D eigenvalue weighted by molar-refractivity contribution is 7.71. The fraction of sp³-hybridized carbons (Fsp3) is 0. The normalized spacial score (nSPS) is 11.4. The summed E-state index contributed by atoms with van der Waals surface area (Å²) in [6.45, 7) is 0. The number of nitrogens with zero attached hydrogens (tertiary/aromatic N) is 4. The van der Waals surface area contributed by atoms with Gasteiger partial charge in [0.15, 0.2) is 5.82 Å². The van der Waals surface area contributed by atoms with Crippen LogP contribution in [0.3, 0.4) is 0 Å². The quantitative estimate of drug-likeness (QED) is 0.325. The second-order valence-electron chi connectivity index (χ2n) is 4.97. The second kappa shape index (κ2) is 7.45. The Morgan fingerprint density at radius 3 is 2.64 bits per heavy atom. The first-order valence-electron chi connectivity index (χ1n) is 7.34. The van der Waals surface area contributed by atoms with Crippen LogP contribution in [0.25, 0.3) is 17.5 Å². The summed E-state index contributed by atoms with van der Waals surface area (Å²) in [6.07, 6.45) is 4.74. The van der Waals surface area contributed by atoms with Crippen molar-refractivity contribution in [1.29, 1.82) is 0 Å². The zero-order chi connectivity index (χ0) is 17.6. The number of para-hydroxylation sites is 1. The van der Waals surface area contributed by atoms with Gasteiger partial charge >= 0.3 is 0 Å². The molecule has 3 rings (SSSR count). The fourth-order valence-corrected chi connectivity index (χ4v) is 2.40. The molecule has 0 spiro atoms. The number of nitro benzene ring substituents is 1. The second-order valence-corrected chi connectivity index (χ2v) is 5.36. The van der Waals surface area contributed by atoms with Gasteiger partial charge in [-0.1, -0.05) is 42.5 Å². The van der Waals surface area contributed by atoms with E-state index in [1.54, 1.807) is 30.4 Å². The fourth-order valence-electron chi connectivity index (χ4n) is 2.22. The third kappa shape index (κ3) is 3.75. The van der Waals surface area contributed by atoms with Crippen LogP contribution in [-0.2, 0) is 0 Å². The molecule has 0 fully saturated rings. The molecule has 0 saturated heterocycles. The Labute approximate surface area is 148 Å². The van der Waals surface area contributed by atoms with Crippen LogP contribution in [0, 0.1) is 14.9 Å². The summed E-state index contributed by atoms with van der Waals surface area (Å²) in [7, 11) is 0. The zero-order valence-electron chi connectivity index (χ0n) is 12.9. The molecule has 0 aliphatic carbocycles. The molecular formula is C17H13N5O2S. The lowest BCUT2D eigenvalue weighted by molar-refractivity contribution is -0.385. The Hall–Kier alpha value is -3.39. The van der Waals surface area contributed by atoms with Gasteiger partial charge in [0.05, 0.1) is 10.5 Å². The number of rotatable bonds is 5. The number of hydrogen-bond donors (Lipinski definition) is 1. The minimum atomic E-state index is -0.420. The molecule has 0 unspecified atom stereocenters. The molecule has 0 bridgehead atoms. The molecule has 0 atom stereocenters. The summed E-state index contributed by atoms with van der Waals surface area (Å²) >= 11 is 5.19. The Morgan fingerprint density at radius 2 is 1.88 bits per heavy atom. The van der Waals surface area contributed by atoms with Crippen LogP contribution in [-0.4, -0.2) is 26.0 Å². The molecule has 124 valence electrons. The number of allylic oxidation sites excluding steroid dienone is 1. The highest BCUT2D eigenvalue weighted by Crippen LogP contribution is 2.19. The molecule has 7 nitrogen and oxygen atoms in total. The van der Waals surface area contributed by atoms with Gasteiger partial charge < -0.3 is 0 Å². The number of benzene rings is 2. The average molecular weight is 351 g/mol. The van der Waals surface area contributed by atoms with Gasteiger partial charge in [0, 0.05) is 17.8 Å². The average Bonchev–Trinajstić information content (AvgIpc) is 3.00. The number of hydrogen-bond acceptors (Lipinski definition) is 5. The SMILES string of the molecule is O=[N+]([O-])c1ccccc1/C=C\C=N/n1c(-c2ccccc2)n[nH]c1=S. The molecule has 0 aliphatic rings. The Bertz CT molecular complexity index is 1010. The van der Waals surface area contributed by atoms with Crippen molar-refractivity contribution >= 4 is 30.2 Å². The van der Waals surface area contributed by atoms with Crippen molar-refractivity contribution in [2.75, 3.05) is 0 Å². The molecule has 3 aromatic rings. The van der Waals surface area contributed by atoms with Crippen molar-refractivity contribution in [1.82, 2.24) is 14.9 Å². The van der Waals surface area contributed by atoms with Crippen molar-refractivity contribution < 1.29 is 4.92 Å². The molecule has 0 saturated carbocycles. The zero-order valence-corrected chi connectivity index (χ0v) is 13.8. The first-order valence-corrected chi connectivity index (χ1v) is 7.75. The van der Waals surface area contributed by atoms with Crippen LogP contribution < -0.4 is 0 Å². The summed E-state index contributed by atoms with van der Waals surface area (Å²) in [5.74, 6) is 0.584. The summed E-state index contributed by atoms with van der Waals surface area (Å²) in [5, 5.41) is 22.1. The minimum absolute atomic E-state index is 0.0389. The monoisotopic (exact) mass is 351 g/mol. The molecular weight excluding hydrogens is 338 g/mol. The van der Waals surface area contributed by atoms with Crippen LogP contribution in [0.2, 0.25) is 0 Å². The van der Waals surface area contributed by atoms with E-state index in [1.807, 2.05) is 30.3 Å². The highest BCUT2D eigenvalue weighted by atomic mass is 32.1. The van der Waals surface area contributed by atoms with Crippen molar-refractivity contribution in [2.24, 2.45) is 5.10 Å². The van der Waals surface area contributed by atoms with Crippen LogP contribution in [0.5, 0.6) is 0 Å². The van der Waals surface area contributed by atoms with Crippen molar-refractivity contribution in [3.05, 3.63) is 81.1 Å². The lowest BCUT2D eigenvalue weighted by Gasteiger charge is -1.99. The van der Waals surface area contributed by atoms with Gasteiger partial charge in [0.25, 0.3) is 5.69 Å². The molecule has 2 aromatic carbocycles. The predicted molar refractivity (Wildman–Crippen MR) is 98.9 cm³/mol. The van der Waals surface area contributed by atoms with E-state index in [2.05, 4.69) is 15.3 Å². The highest BCUT2D eigenvalue weighted by Gasteiger charge is 2.09. The van der Waals surface area contributed by atoms with E-state index in [0.29, 0.717) is 16.2 Å². The maximum absolute atomic E-state index is 11.0. The van der Waals surface area contributed by atoms with Crippen LogP contribution in [0.4, 0.5) is 5.69 Å². The van der Waals surface area contributed by atoms with E-state index in [-0.39, 0.29) is 5.69 Å². The first kappa shape index (κ1) is 16.5. The maximum Gasteiger partial charge on any atom is 0.276 e. The molecule has 0 radical (unpaired) electrons. The topological polar surface area (TPSA) is 89.1 Å². The van der Waals surface area contributed by atoms with Gasteiger partial charge in [0.2, 0.25) is 4.77 Å². The van der Waals surface area contributed by atoms with Crippen molar-refractivity contribution in [3.63, 3.8) is 0 Å². The van der Waals surface area contributed by atoms with Gasteiger partial charge in [-0.3, -0.25) is 10.1 Å². The molecule has 8 heteroatoms. The first-order chi connectivity index (χ1) is 12.2. The summed E-state index contributed by atoms with van der Waals surface area (Å²) < 4.78 is 1.85. The van der Waals surface area contributed by atoms with Gasteiger partial charge in [-0.25, -0.2) is 5.10 Å². The van der Waals surface area contributed by atoms with E-state index >= 15 is 0 Å². The van der Waals surface area contributed by atoms with E-state index in [4.69, 9.17) is 12.2 Å². The molecule has 1 heterocycles. The number of aromatic amines is 1. The molecule has 0 aliphatic heterocycles. The number of aromatic nitrogens is 3. The van der Waals surface area contributed by atoms with Crippen molar-refractivity contribution in [3.8, 4) is 11.4 Å². The van der Waals surface area contributed by atoms with E-state index in [1.165, 1.54) is 17.0 Å². The van der Waals surface area contributed by atoms with E-state index in [0.717, 1.165) is 5.56 Å². The summed E-state index contributed by atoms with van der Waals surface area (Å²) in [6, 6.07) is 16.0. The van der Waals surface area contributed by atoms with E-state index < -0.39 is 4.92 Å². The third-order valence-corrected chi connectivity index (χ3v) is 3.62. The third-order valence-electron chi connectivity index (χ3n) is 3.36. The number of nitrogens with one attached hydrogen (secondary N) is 1. The van der Waals surface area contributed by atoms with Crippen LogP contribution in [0.15, 0.2) is 65.8 Å². The lowest BCUT2D eigenvalue weighted by atomic mass is 10.2. The summed E-state index contributed by atoms with van der Waals surface area (Å²) in [5.41, 5.74) is 1.41. The molecule has 1 N–H and O–H groups in total.